The van der Waals surface area contributed by atoms with Crippen LogP contribution in [-0.4, -0.2) is 5.91 Å². The number of halogens is 1. The molecule has 1 amide bonds. The molecule has 0 aliphatic heterocycles. The Morgan fingerprint density at radius 3 is 2.38 bits per heavy atom. The van der Waals surface area contributed by atoms with Gasteiger partial charge in [-0.25, -0.2) is 4.39 Å². The van der Waals surface area contributed by atoms with E-state index in [4.69, 9.17) is 0 Å². The second kappa shape index (κ2) is 7.04. The summed E-state index contributed by atoms with van der Waals surface area (Å²) in [5.41, 5.74) is 2.28. The molecule has 3 aromatic rings. The average Bonchev–Trinajstić information content (AvgIpc) is 2.64. The highest BCUT2D eigenvalue weighted by Gasteiger charge is 2.23. The predicted molar refractivity (Wildman–Crippen MR) is 91.8 cm³/mol. The molecule has 1 atom stereocenters. The first kappa shape index (κ1) is 15.9. The summed E-state index contributed by atoms with van der Waals surface area (Å²) >= 11 is 0. The van der Waals surface area contributed by atoms with Gasteiger partial charge in [-0.3, -0.25) is 4.79 Å². The van der Waals surface area contributed by atoms with Crippen LogP contribution >= 0.6 is 0 Å². The monoisotopic (exact) mass is 321 g/mol. The van der Waals surface area contributed by atoms with E-state index in [-0.39, 0.29) is 11.6 Å². The SMILES string of the molecule is C[C@H](C(=O)Nc1ccccc1F)[n+]1cccc(-c2ccccc2)c1. The summed E-state index contributed by atoms with van der Waals surface area (Å²) in [6.07, 6.45) is 3.75. The molecule has 0 saturated heterocycles. The van der Waals surface area contributed by atoms with Crippen molar-refractivity contribution in [1.82, 2.24) is 0 Å². The standard InChI is InChI=1S/C20H17FN2O/c1-15(20(24)22-19-12-6-5-11-18(19)21)23-13-7-10-17(14-23)16-8-3-2-4-9-16/h2-15H,1H3/p+1/t15-/m1/s1. The zero-order valence-electron chi connectivity index (χ0n) is 13.3. The van der Waals surface area contributed by atoms with Crippen molar-refractivity contribution >= 4 is 11.6 Å². The van der Waals surface area contributed by atoms with E-state index in [1.54, 1.807) is 25.1 Å². The average molecular weight is 321 g/mol. The molecule has 3 nitrogen and oxygen atoms in total. The number of rotatable bonds is 4. The summed E-state index contributed by atoms with van der Waals surface area (Å²) in [4.78, 5) is 12.4. The molecular weight excluding hydrogens is 303 g/mol. The van der Waals surface area contributed by atoms with Crippen LogP contribution in [0.4, 0.5) is 10.1 Å². The van der Waals surface area contributed by atoms with Crippen molar-refractivity contribution in [3.8, 4) is 11.1 Å². The van der Waals surface area contributed by atoms with E-state index in [1.165, 1.54) is 6.07 Å². The van der Waals surface area contributed by atoms with Crippen molar-refractivity contribution < 1.29 is 13.8 Å². The zero-order chi connectivity index (χ0) is 16.9. The Bertz CT molecular complexity index is 849. The van der Waals surface area contributed by atoms with Crippen LogP contribution in [0.15, 0.2) is 79.1 Å². The fraction of sp³-hybridized carbons (Fsp3) is 0.100. The lowest BCUT2D eigenvalue weighted by molar-refractivity contribution is -0.705. The first-order chi connectivity index (χ1) is 11.6. The number of nitrogens with one attached hydrogen (secondary N) is 1. The number of amides is 1. The molecule has 0 saturated carbocycles. The lowest BCUT2D eigenvalue weighted by Crippen LogP contribution is -2.44. The van der Waals surface area contributed by atoms with Crippen molar-refractivity contribution in [2.45, 2.75) is 13.0 Å². The van der Waals surface area contributed by atoms with E-state index in [0.29, 0.717) is 0 Å². The molecule has 3 rings (SSSR count). The van der Waals surface area contributed by atoms with Crippen molar-refractivity contribution in [2.24, 2.45) is 0 Å². The number of pyridine rings is 1. The van der Waals surface area contributed by atoms with Gasteiger partial charge in [-0.2, -0.15) is 4.57 Å². The second-order valence-electron chi connectivity index (χ2n) is 5.55. The zero-order valence-corrected chi connectivity index (χ0v) is 13.3. The van der Waals surface area contributed by atoms with E-state index in [0.717, 1.165) is 11.1 Å². The normalized spacial score (nSPS) is 11.8. The Hall–Kier alpha value is -3.01. The van der Waals surface area contributed by atoms with Crippen LogP contribution in [0.3, 0.4) is 0 Å². The van der Waals surface area contributed by atoms with Crippen LogP contribution in [0, 0.1) is 5.82 Å². The smallest absolute Gasteiger partial charge is 0.293 e. The van der Waals surface area contributed by atoms with Gasteiger partial charge < -0.3 is 5.32 Å². The Morgan fingerprint density at radius 2 is 1.62 bits per heavy atom. The second-order valence-corrected chi connectivity index (χ2v) is 5.55. The first-order valence-corrected chi connectivity index (χ1v) is 7.77. The third-order valence-electron chi connectivity index (χ3n) is 3.89. The molecule has 120 valence electrons. The minimum absolute atomic E-state index is 0.189. The summed E-state index contributed by atoms with van der Waals surface area (Å²) in [6.45, 7) is 1.78. The van der Waals surface area contributed by atoms with Crippen LogP contribution in [-0.2, 0) is 4.79 Å². The number of aromatic nitrogens is 1. The van der Waals surface area contributed by atoms with Crippen LogP contribution in [0.25, 0.3) is 11.1 Å². The van der Waals surface area contributed by atoms with E-state index in [1.807, 2.05) is 59.4 Å². The van der Waals surface area contributed by atoms with Gasteiger partial charge in [0.2, 0.25) is 6.04 Å². The van der Waals surface area contributed by atoms with Crippen LogP contribution in [0.5, 0.6) is 0 Å². The molecule has 1 N–H and O–H groups in total. The molecule has 0 bridgehead atoms. The molecule has 0 aliphatic carbocycles. The van der Waals surface area contributed by atoms with E-state index < -0.39 is 11.9 Å². The van der Waals surface area contributed by atoms with Gasteiger partial charge in [-0.1, -0.05) is 42.5 Å². The maximum atomic E-state index is 13.7. The van der Waals surface area contributed by atoms with Crippen molar-refractivity contribution in [3.05, 3.63) is 84.9 Å². The van der Waals surface area contributed by atoms with Crippen molar-refractivity contribution in [1.29, 1.82) is 0 Å². The largest absolute Gasteiger partial charge is 0.318 e. The van der Waals surface area contributed by atoms with Gasteiger partial charge in [-0.05, 0) is 23.8 Å². The van der Waals surface area contributed by atoms with E-state index in [9.17, 15) is 9.18 Å². The number of para-hydroxylation sites is 1. The lowest BCUT2D eigenvalue weighted by atomic mass is 10.1. The Kier molecular flexibility index (Phi) is 4.66. The summed E-state index contributed by atoms with van der Waals surface area (Å²) in [5.74, 6) is -0.712. The van der Waals surface area contributed by atoms with Gasteiger partial charge >= 0.3 is 0 Å². The molecule has 0 fully saturated rings. The van der Waals surface area contributed by atoms with Gasteiger partial charge in [0.1, 0.15) is 5.82 Å². The quantitative estimate of drug-likeness (QED) is 0.725. The fourth-order valence-electron chi connectivity index (χ4n) is 2.47. The highest BCUT2D eigenvalue weighted by molar-refractivity contribution is 5.92. The highest BCUT2D eigenvalue weighted by Crippen LogP contribution is 2.17. The first-order valence-electron chi connectivity index (χ1n) is 7.77. The number of nitrogens with zero attached hydrogens (tertiary/aromatic N) is 1. The number of anilines is 1. The molecule has 0 aliphatic rings. The number of hydrogen-bond acceptors (Lipinski definition) is 1. The minimum Gasteiger partial charge on any atom is -0.318 e. The fourth-order valence-corrected chi connectivity index (χ4v) is 2.47. The summed E-state index contributed by atoms with van der Waals surface area (Å²) in [7, 11) is 0. The topological polar surface area (TPSA) is 33.0 Å². The number of benzene rings is 2. The molecule has 4 heteroatoms. The van der Waals surface area contributed by atoms with Gasteiger partial charge in [0, 0.05) is 18.6 Å². The van der Waals surface area contributed by atoms with Gasteiger partial charge in [0.05, 0.1) is 5.69 Å². The molecule has 24 heavy (non-hydrogen) atoms. The number of hydrogen-bond donors (Lipinski definition) is 1. The Morgan fingerprint density at radius 1 is 0.958 bits per heavy atom. The maximum Gasteiger partial charge on any atom is 0.293 e. The summed E-state index contributed by atoms with van der Waals surface area (Å²) in [6, 6.07) is 19.5. The number of carbonyl (C=O) groups excluding carboxylic acids is 1. The minimum atomic E-state index is -0.465. The molecule has 1 aromatic heterocycles. The van der Waals surface area contributed by atoms with Crippen molar-refractivity contribution in [3.63, 3.8) is 0 Å². The van der Waals surface area contributed by atoms with Crippen LogP contribution < -0.4 is 9.88 Å². The predicted octanol–water partition coefficient (Wildman–Crippen LogP) is 3.98. The molecular formula is C20H18FN2O+. The van der Waals surface area contributed by atoms with Crippen molar-refractivity contribution in [2.75, 3.05) is 5.32 Å². The molecule has 0 unspecified atom stereocenters. The third kappa shape index (κ3) is 3.49. The highest BCUT2D eigenvalue weighted by atomic mass is 19.1. The van der Waals surface area contributed by atoms with Gasteiger partial charge in [0.25, 0.3) is 5.91 Å². The molecule has 2 aromatic carbocycles. The summed E-state index contributed by atoms with van der Waals surface area (Å²) in [5, 5.41) is 2.63. The lowest BCUT2D eigenvalue weighted by Gasteiger charge is -2.10. The Labute approximate surface area is 140 Å². The van der Waals surface area contributed by atoms with Crippen LogP contribution in [0.2, 0.25) is 0 Å². The van der Waals surface area contributed by atoms with E-state index in [2.05, 4.69) is 5.32 Å². The third-order valence-corrected chi connectivity index (χ3v) is 3.89. The maximum absolute atomic E-state index is 13.7. The molecule has 1 heterocycles. The molecule has 0 radical (unpaired) electrons. The van der Waals surface area contributed by atoms with Crippen LogP contribution in [0.1, 0.15) is 13.0 Å². The Balaban J connectivity index is 1.81. The molecule has 0 spiro atoms. The van der Waals surface area contributed by atoms with E-state index >= 15 is 0 Å². The summed E-state index contributed by atoms with van der Waals surface area (Å²) < 4.78 is 15.5. The van der Waals surface area contributed by atoms with Gasteiger partial charge in [-0.15, -0.1) is 0 Å². The van der Waals surface area contributed by atoms with Gasteiger partial charge in [0.15, 0.2) is 12.4 Å². The number of carbonyl (C=O) groups is 1.